The van der Waals surface area contributed by atoms with E-state index >= 15 is 0 Å². The predicted octanol–water partition coefficient (Wildman–Crippen LogP) is 3.80. The molecule has 27 heavy (non-hydrogen) atoms. The molecular formula is C19H31NO6S. The summed E-state index contributed by atoms with van der Waals surface area (Å²) >= 11 is -2.38. The van der Waals surface area contributed by atoms with Crippen molar-refractivity contribution in [3.63, 3.8) is 0 Å². The van der Waals surface area contributed by atoms with Crippen LogP contribution in [-0.4, -0.2) is 28.6 Å². The highest BCUT2D eigenvalue weighted by atomic mass is 32.2. The lowest BCUT2D eigenvalue weighted by molar-refractivity contribution is -0.121. The van der Waals surface area contributed by atoms with E-state index in [1.165, 1.54) is 26.4 Å². The number of carbonyl (C=O) groups is 1. The molecule has 154 valence electrons. The maximum absolute atomic E-state index is 11.9. The zero-order chi connectivity index (χ0) is 20.1. The van der Waals surface area contributed by atoms with Crippen molar-refractivity contribution in [1.29, 1.82) is 0 Å². The average molecular weight is 402 g/mol. The first kappa shape index (κ1) is 23.4. The number of methoxy groups -OCH3 is 1. The summed E-state index contributed by atoms with van der Waals surface area (Å²) in [6, 6.07) is 5.20. The van der Waals surface area contributed by atoms with Gasteiger partial charge in [0, 0.05) is 13.0 Å². The van der Waals surface area contributed by atoms with Crippen molar-refractivity contribution in [2.75, 3.05) is 13.9 Å². The second kappa shape index (κ2) is 13.5. The molecule has 0 aliphatic carbocycles. The van der Waals surface area contributed by atoms with Crippen LogP contribution in [0.15, 0.2) is 18.2 Å². The molecule has 0 saturated carbocycles. The SMILES string of the molecule is COc1cc(CNC(=O)CCCCCCC(C)C)ccc1OCOS(=O)O. The molecule has 0 aliphatic heterocycles. The van der Waals surface area contributed by atoms with Crippen molar-refractivity contribution in [1.82, 2.24) is 5.32 Å². The lowest BCUT2D eigenvalue weighted by Crippen LogP contribution is -2.22. The Morgan fingerprint density at radius 1 is 1.19 bits per heavy atom. The molecule has 0 radical (unpaired) electrons. The van der Waals surface area contributed by atoms with E-state index in [2.05, 4.69) is 23.3 Å². The van der Waals surface area contributed by atoms with E-state index in [9.17, 15) is 9.00 Å². The Hall–Kier alpha value is -1.64. The van der Waals surface area contributed by atoms with E-state index in [-0.39, 0.29) is 12.7 Å². The molecule has 0 heterocycles. The highest BCUT2D eigenvalue weighted by Gasteiger charge is 2.08. The topological polar surface area (TPSA) is 94.1 Å². The van der Waals surface area contributed by atoms with Gasteiger partial charge >= 0.3 is 11.4 Å². The van der Waals surface area contributed by atoms with Gasteiger partial charge in [-0.2, -0.15) is 4.21 Å². The van der Waals surface area contributed by atoms with Crippen molar-refractivity contribution in [2.24, 2.45) is 5.92 Å². The lowest BCUT2D eigenvalue weighted by atomic mass is 10.0. The highest BCUT2D eigenvalue weighted by Crippen LogP contribution is 2.28. The van der Waals surface area contributed by atoms with E-state index in [4.69, 9.17) is 14.0 Å². The molecule has 0 aromatic heterocycles. The van der Waals surface area contributed by atoms with Crippen molar-refractivity contribution < 1.29 is 27.2 Å². The zero-order valence-electron chi connectivity index (χ0n) is 16.4. The van der Waals surface area contributed by atoms with Crippen LogP contribution in [0, 0.1) is 5.92 Å². The average Bonchev–Trinajstić information content (AvgIpc) is 2.63. The number of carbonyl (C=O) groups excluding carboxylic acids is 1. The minimum atomic E-state index is -2.38. The Bertz CT molecular complexity index is 594. The van der Waals surface area contributed by atoms with Gasteiger partial charge in [0.05, 0.1) is 7.11 Å². The summed E-state index contributed by atoms with van der Waals surface area (Å²) in [6.45, 7) is 4.49. The molecule has 8 heteroatoms. The van der Waals surface area contributed by atoms with Gasteiger partial charge in [0.25, 0.3) is 0 Å². The molecule has 1 rings (SSSR count). The quantitative estimate of drug-likeness (QED) is 0.280. The third-order valence-electron chi connectivity index (χ3n) is 4.02. The predicted molar refractivity (Wildman–Crippen MR) is 105 cm³/mol. The van der Waals surface area contributed by atoms with Gasteiger partial charge < -0.3 is 14.8 Å². The molecule has 1 atom stereocenters. The van der Waals surface area contributed by atoms with E-state index < -0.39 is 11.4 Å². The van der Waals surface area contributed by atoms with Crippen LogP contribution in [0.2, 0.25) is 0 Å². The van der Waals surface area contributed by atoms with Crippen LogP contribution in [0.1, 0.15) is 57.9 Å². The highest BCUT2D eigenvalue weighted by molar-refractivity contribution is 7.74. The molecule has 1 unspecified atom stereocenters. The minimum Gasteiger partial charge on any atom is -0.493 e. The van der Waals surface area contributed by atoms with E-state index in [0.717, 1.165) is 24.3 Å². The summed E-state index contributed by atoms with van der Waals surface area (Å²) in [5.74, 6) is 1.63. The lowest BCUT2D eigenvalue weighted by Gasteiger charge is -2.12. The molecule has 7 nitrogen and oxygen atoms in total. The second-order valence-electron chi connectivity index (χ2n) is 6.71. The van der Waals surface area contributed by atoms with Gasteiger partial charge in [0.15, 0.2) is 11.5 Å². The Balaban J connectivity index is 2.32. The first-order valence-electron chi connectivity index (χ1n) is 9.23. The monoisotopic (exact) mass is 401 g/mol. The van der Waals surface area contributed by atoms with Gasteiger partial charge in [-0.15, -0.1) is 0 Å². The van der Waals surface area contributed by atoms with Gasteiger partial charge in [-0.3, -0.25) is 9.35 Å². The largest absolute Gasteiger partial charge is 0.493 e. The zero-order valence-corrected chi connectivity index (χ0v) is 17.2. The molecular weight excluding hydrogens is 370 g/mol. The Morgan fingerprint density at radius 2 is 1.93 bits per heavy atom. The van der Waals surface area contributed by atoms with Gasteiger partial charge in [-0.1, -0.05) is 45.6 Å². The number of ether oxygens (including phenoxy) is 2. The van der Waals surface area contributed by atoms with E-state index in [1.807, 2.05) is 0 Å². The summed E-state index contributed by atoms with van der Waals surface area (Å²) < 4.78 is 33.9. The van der Waals surface area contributed by atoms with Gasteiger partial charge in [0.1, 0.15) is 0 Å². The van der Waals surface area contributed by atoms with Gasteiger partial charge in [-0.25, -0.2) is 4.18 Å². The van der Waals surface area contributed by atoms with Crippen molar-refractivity contribution in [3.05, 3.63) is 23.8 Å². The third-order valence-corrected chi connectivity index (χ3v) is 4.31. The molecule has 0 fully saturated rings. The van der Waals surface area contributed by atoms with Crippen LogP contribution in [0.25, 0.3) is 0 Å². The maximum Gasteiger partial charge on any atom is 0.305 e. The number of amides is 1. The van der Waals surface area contributed by atoms with Crippen LogP contribution in [0.5, 0.6) is 11.5 Å². The Kier molecular flexibility index (Phi) is 11.7. The van der Waals surface area contributed by atoms with E-state index in [1.54, 1.807) is 18.2 Å². The Labute approximate surface area is 164 Å². The molecule has 0 aliphatic rings. The fraction of sp³-hybridized carbons (Fsp3) is 0.632. The third kappa shape index (κ3) is 10.9. The second-order valence-corrected chi connectivity index (χ2v) is 7.38. The van der Waals surface area contributed by atoms with Crippen molar-refractivity contribution in [3.8, 4) is 11.5 Å². The van der Waals surface area contributed by atoms with Gasteiger partial charge in [-0.05, 0) is 30.0 Å². The van der Waals surface area contributed by atoms with Gasteiger partial charge in [0.2, 0.25) is 12.7 Å². The number of hydrogen-bond donors (Lipinski definition) is 2. The summed E-state index contributed by atoms with van der Waals surface area (Å²) in [5, 5.41) is 2.90. The van der Waals surface area contributed by atoms with Crippen molar-refractivity contribution in [2.45, 2.75) is 58.9 Å². The van der Waals surface area contributed by atoms with Crippen LogP contribution < -0.4 is 14.8 Å². The van der Waals surface area contributed by atoms with Crippen LogP contribution in [0.3, 0.4) is 0 Å². The summed E-state index contributed by atoms with van der Waals surface area (Å²) in [5.41, 5.74) is 0.871. The summed E-state index contributed by atoms with van der Waals surface area (Å²) in [4.78, 5) is 11.9. The number of hydrogen-bond acceptors (Lipinski definition) is 5. The summed E-state index contributed by atoms with van der Waals surface area (Å²) in [6.07, 6.45) is 6.19. The fourth-order valence-corrected chi connectivity index (χ4v) is 2.68. The van der Waals surface area contributed by atoms with Crippen molar-refractivity contribution >= 4 is 17.3 Å². The fourth-order valence-electron chi connectivity index (χ4n) is 2.55. The first-order valence-corrected chi connectivity index (χ1v) is 10.3. The van der Waals surface area contributed by atoms with Crippen LogP contribution in [-0.2, 0) is 26.9 Å². The normalized spacial score (nSPS) is 12.0. The molecule has 0 bridgehead atoms. The maximum atomic E-state index is 11.9. The molecule has 0 spiro atoms. The summed E-state index contributed by atoms with van der Waals surface area (Å²) in [7, 11) is 1.49. The van der Waals surface area contributed by atoms with E-state index in [0.29, 0.717) is 24.5 Å². The molecule has 1 aromatic carbocycles. The molecule has 0 saturated heterocycles. The standard InChI is InChI=1S/C19H31NO6S/c1-15(2)8-6-4-5-7-9-19(21)20-13-16-10-11-17(18(12-16)24-3)25-14-26-27(22)23/h10-12,15H,4-9,13-14H2,1-3H3,(H,20,21)(H,22,23). The number of benzene rings is 1. The molecule has 1 amide bonds. The number of nitrogens with one attached hydrogen (secondary N) is 1. The Morgan fingerprint density at radius 3 is 2.59 bits per heavy atom. The molecule has 2 N–H and O–H groups in total. The van der Waals surface area contributed by atoms with Crippen LogP contribution in [0.4, 0.5) is 0 Å². The minimum absolute atomic E-state index is 0.0389. The number of rotatable bonds is 14. The smallest absolute Gasteiger partial charge is 0.305 e. The first-order chi connectivity index (χ1) is 12.9. The molecule has 1 aromatic rings. The number of unbranched alkanes of at least 4 members (excludes halogenated alkanes) is 3. The van der Waals surface area contributed by atoms with Crippen LogP contribution >= 0.6 is 0 Å².